The van der Waals surface area contributed by atoms with Gasteiger partial charge in [-0.15, -0.1) is 0 Å². The summed E-state index contributed by atoms with van der Waals surface area (Å²) in [5.74, 6) is -0.284. The second-order valence-electron chi connectivity index (χ2n) is 4.93. The van der Waals surface area contributed by atoms with E-state index in [1.165, 1.54) is 23.3 Å². The van der Waals surface area contributed by atoms with Crippen LogP contribution in [0.25, 0.3) is 0 Å². The molecule has 0 amide bonds. The molecule has 0 spiro atoms. The molecule has 0 heterocycles. The number of benzene rings is 2. The van der Waals surface area contributed by atoms with Crippen molar-refractivity contribution in [3.63, 3.8) is 0 Å². The van der Waals surface area contributed by atoms with Gasteiger partial charge in [0.2, 0.25) is 0 Å². The van der Waals surface area contributed by atoms with E-state index in [1.807, 2.05) is 12.1 Å². The van der Waals surface area contributed by atoms with Crippen LogP contribution >= 0.6 is 12.2 Å². The Labute approximate surface area is 130 Å². The zero-order chi connectivity index (χ0) is 15.2. The molecule has 2 N–H and O–H groups in total. The average molecular weight is 302 g/mol. The first-order valence-corrected chi connectivity index (χ1v) is 7.39. The van der Waals surface area contributed by atoms with Gasteiger partial charge in [-0.2, -0.15) is 0 Å². The molecule has 0 aliphatic rings. The molecule has 0 aliphatic heterocycles. The van der Waals surface area contributed by atoms with Crippen molar-refractivity contribution >= 4 is 23.0 Å². The molecule has 110 valence electrons. The summed E-state index contributed by atoms with van der Waals surface area (Å²) in [7, 11) is 0. The quantitative estimate of drug-likeness (QED) is 0.809. The molecule has 0 saturated heterocycles. The highest BCUT2D eigenvalue weighted by molar-refractivity contribution is 7.80. The summed E-state index contributed by atoms with van der Waals surface area (Å²) >= 11 is 5.32. The second kappa shape index (κ2) is 7.18. The van der Waals surface area contributed by atoms with Crippen molar-refractivity contribution in [1.29, 1.82) is 0 Å². The lowest BCUT2D eigenvalue weighted by Crippen LogP contribution is -2.32. The Balaban J connectivity index is 2.05. The maximum absolute atomic E-state index is 13.2. The van der Waals surface area contributed by atoms with Crippen LogP contribution < -0.4 is 10.6 Å². The lowest BCUT2D eigenvalue weighted by atomic mass is 10.00. The summed E-state index contributed by atoms with van der Waals surface area (Å²) in [6.45, 7) is 4.19. The van der Waals surface area contributed by atoms with Crippen LogP contribution in [0.4, 0.5) is 10.1 Å². The Morgan fingerprint density at radius 3 is 2.62 bits per heavy atom. The number of aryl methyl sites for hydroxylation is 1. The normalized spacial score (nSPS) is 11.8. The van der Waals surface area contributed by atoms with E-state index < -0.39 is 0 Å². The Morgan fingerprint density at radius 2 is 1.95 bits per heavy atom. The molecule has 2 aromatic rings. The van der Waals surface area contributed by atoms with Crippen molar-refractivity contribution < 1.29 is 4.39 Å². The molecule has 0 aromatic heterocycles. The molecule has 4 heteroatoms. The van der Waals surface area contributed by atoms with Crippen LogP contribution in [0.3, 0.4) is 0 Å². The van der Waals surface area contributed by atoms with Crippen LogP contribution in [0, 0.1) is 12.7 Å². The Kier molecular flexibility index (Phi) is 5.28. The predicted octanol–water partition coefficient (Wildman–Crippen LogP) is 4.57. The van der Waals surface area contributed by atoms with Gasteiger partial charge in [0.1, 0.15) is 5.82 Å². The Morgan fingerprint density at radius 1 is 1.19 bits per heavy atom. The third kappa shape index (κ3) is 4.26. The van der Waals surface area contributed by atoms with Gasteiger partial charge in [0.05, 0.1) is 6.04 Å². The number of nitrogens with one attached hydrogen (secondary N) is 2. The lowest BCUT2D eigenvalue weighted by Gasteiger charge is -2.21. The van der Waals surface area contributed by atoms with Gasteiger partial charge in [0.25, 0.3) is 0 Å². The molecule has 0 saturated carbocycles. The number of halogens is 1. The van der Waals surface area contributed by atoms with Gasteiger partial charge in [-0.1, -0.05) is 37.3 Å². The molecular formula is C17H19FN2S. The van der Waals surface area contributed by atoms with E-state index >= 15 is 0 Å². The van der Waals surface area contributed by atoms with Gasteiger partial charge in [0.15, 0.2) is 5.11 Å². The van der Waals surface area contributed by atoms with Gasteiger partial charge in [-0.25, -0.2) is 4.39 Å². The molecule has 2 nitrogen and oxygen atoms in total. The fraction of sp³-hybridized carbons (Fsp3) is 0.235. The molecule has 0 radical (unpaired) electrons. The van der Waals surface area contributed by atoms with E-state index in [1.54, 1.807) is 12.1 Å². The first kappa shape index (κ1) is 15.4. The molecule has 1 atom stereocenters. The minimum atomic E-state index is -0.284. The molecule has 0 unspecified atom stereocenters. The highest BCUT2D eigenvalue weighted by Crippen LogP contribution is 2.20. The molecule has 21 heavy (non-hydrogen) atoms. The number of anilines is 1. The molecule has 0 fully saturated rings. The van der Waals surface area contributed by atoms with Crippen molar-refractivity contribution in [3.8, 4) is 0 Å². The van der Waals surface area contributed by atoms with Crippen molar-refractivity contribution in [3.05, 3.63) is 65.5 Å². The highest BCUT2D eigenvalue weighted by atomic mass is 32.1. The SMILES string of the molecule is CC[C@H](NC(=S)Nc1cccc(F)c1)c1ccccc1C. The highest BCUT2D eigenvalue weighted by Gasteiger charge is 2.12. The van der Waals surface area contributed by atoms with Crippen LogP contribution in [0.2, 0.25) is 0 Å². The third-order valence-corrected chi connectivity index (χ3v) is 3.58. The van der Waals surface area contributed by atoms with Gasteiger partial charge in [0, 0.05) is 5.69 Å². The van der Waals surface area contributed by atoms with E-state index in [0.29, 0.717) is 10.8 Å². The summed E-state index contributed by atoms with van der Waals surface area (Å²) in [5, 5.41) is 6.80. The first-order valence-electron chi connectivity index (χ1n) is 6.98. The largest absolute Gasteiger partial charge is 0.356 e. The van der Waals surface area contributed by atoms with E-state index in [2.05, 4.69) is 36.6 Å². The Hall–Kier alpha value is -1.94. The number of hydrogen-bond acceptors (Lipinski definition) is 1. The minimum Gasteiger partial charge on any atom is -0.356 e. The number of rotatable bonds is 4. The van der Waals surface area contributed by atoms with Crippen LogP contribution in [0.15, 0.2) is 48.5 Å². The predicted molar refractivity (Wildman–Crippen MR) is 90.0 cm³/mol. The smallest absolute Gasteiger partial charge is 0.171 e. The van der Waals surface area contributed by atoms with Gasteiger partial charge in [-0.05, 0) is 54.9 Å². The van der Waals surface area contributed by atoms with Gasteiger partial charge >= 0.3 is 0 Å². The molecular weight excluding hydrogens is 283 g/mol. The maximum Gasteiger partial charge on any atom is 0.171 e. The topological polar surface area (TPSA) is 24.1 Å². The van der Waals surface area contributed by atoms with Crippen LogP contribution in [-0.4, -0.2) is 5.11 Å². The third-order valence-electron chi connectivity index (χ3n) is 3.36. The first-order chi connectivity index (χ1) is 10.1. The summed E-state index contributed by atoms with van der Waals surface area (Å²) in [6, 6.07) is 14.6. The van der Waals surface area contributed by atoms with E-state index in [4.69, 9.17) is 12.2 Å². The molecule has 0 bridgehead atoms. The number of thiocarbonyl (C=S) groups is 1. The number of hydrogen-bond donors (Lipinski definition) is 2. The van der Waals surface area contributed by atoms with Crippen molar-refractivity contribution in [2.24, 2.45) is 0 Å². The van der Waals surface area contributed by atoms with Crippen LogP contribution in [-0.2, 0) is 0 Å². The standard InChI is InChI=1S/C17H19FN2S/c1-3-16(15-10-5-4-7-12(15)2)20-17(21)19-14-9-6-8-13(18)11-14/h4-11,16H,3H2,1-2H3,(H2,19,20,21)/t16-/m0/s1. The lowest BCUT2D eigenvalue weighted by molar-refractivity contribution is 0.624. The second-order valence-corrected chi connectivity index (χ2v) is 5.33. The van der Waals surface area contributed by atoms with Crippen LogP contribution in [0.1, 0.15) is 30.5 Å². The fourth-order valence-corrected chi connectivity index (χ4v) is 2.53. The summed E-state index contributed by atoms with van der Waals surface area (Å²) in [6.07, 6.45) is 0.913. The van der Waals surface area contributed by atoms with Crippen molar-refractivity contribution in [2.75, 3.05) is 5.32 Å². The van der Waals surface area contributed by atoms with E-state index in [0.717, 1.165) is 6.42 Å². The van der Waals surface area contributed by atoms with E-state index in [-0.39, 0.29) is 11.9 Å². The van der Waals surface area contributed by atoms with Crippen molar-refractivity contribution in [1.82, 2.24) is 5.32 Å². The maximum atomic E-state index is 13.2. The molecule has 2 rings (SSSR count). The van der Waals surface area contributed by atoms with Gasteiger partial charge < -0.3 is 10.6 Å². The zero-order valence-corrected chi connectivity index (χ0v) is 13.0. The Bertz CT molecular complexity index is 628. The summed E-state index contributed by atoms with van der Waals surface area (Å²) < 4.78 is 13.2. The molecule has 2 aromatic carbocycles. The summed E-state index contributed by atoms with van der Waals surface area (Å²) in [5.41, 5.74) is 3.10. The van der Waals surface area contributed by atoms with Crippen molar-refractivity contribution in [2.45, 2.75) is 26.3 Å². The zero-order valence-electron chi connectivity index (χ0n) is 12.2. The van der Waals surface area contributed by atoms with Gasteiger partial charge in [-0.3, -0.25) is 0 Å². The van der Waals surface area contributed by atoms with Crippen LogP contribution in [0.5, 0.6) is 0 Å². The minimum absolute atomic E-state index is 0.139. The average Bonchev–Trinajstić information content (AvgIpc) is 2.45. The monoisotopic (exact) mass is 302 g/mol. The fourth-order valence-electron chi connectivity index (χ4n) is 2.27. The molecule has 0 aliphatic carbocycles. The summed E-state index contributed by atoms with van der Waals surface area (Å²) in [4.78, 5) is 0. The van der Waals surface area contributed by atoms with E-state index in [9.17, 15) is 4.39 Å².